The number of nitrogens with zero attached hydrogens (tertiary/aromatic N) is 1. The van der Waals surface area contributed by atoms with Crippen LogP contribution in [-0.4, -0.2) is 37.7 Å². The number of phosphoric ester groups is 1. The Kier molecular flexibility index (Phi) is 11.8. The van der Waals surface area contributed by atoms with Crippen molar-refractivity contribution in [3.63, 3.8) is 0 Å². The minimum atomic E-state index is -3.67. The second kappa shape index (κ2) is 13.2. The third-order valence-electron chi connectivity index (χ3n) is 4.42. The van der Waals surface area contributed by atoms with Gasteiger partial charge in [-0.05, 0) is 32.4 Å². The SMILES string of the molecule is C=CCN(C)C(C)C(OP(=O)(OCCCC)OCCCC)c1ccccc1. The van der Waals surface area contributed by atoms with Gasteiger partial charge < -0.3 is 0 Å². The standard InChI is InChI=1S/C21H36NO4P/c1-6-9-17-24-27(23,25-18-10-7-2)26-21(19(4)22(5)16-8-3)20-14-12-11-13-15-20/h8,11-15,19,21H,3,6-7,9-10,16-18H2,1-2,4-5H3. The first-order valence-corrected chi connectivity index (χ1v) is 11.4. The van der Waals surface area contributed by atoms with Gasteiger partial charge in [-0.15, -0.1) is 6.58 Å². The Balaban J connectivity index is 3.04. The Hall–Kier alpha value is -0.970. The topological polar surface area (TPSA) is 48.0 Å². The van der Waals surface area contributed by atoms with Crippen LogP contribution in [0.3, 0.4) is 0 Å². The van der Waals surface area contributed by atoms with Gasteiger partial charge in [0.1, 0.15) is 6.10 Å². The lowest BCUT2D eigenvalue weighted by Crippen LogP contribution is -2.35. The third kappa shape index (κ3) is 8.71. The molecule has 2 atom stereocenters. The van der Waals surface area contributed by atoms with Crippen molar-refractivity contribution in [2.45, 2.75) is 58.6 Å². The van der Waals surface area contributed by atoms with Crippen LogP contribution < -0.4 is 0 Å². The molecular formula is C21H36NO4P. The molecule has 27 heavy (non-hydrogen) atoms. The quantitative estimate of drug-likeness (QED) is 0.207. The van der Waals surface area contributed by atoms with Crippen molar-refractivity contribution >= 4 is 7.82 Å². The molecule has 0 aromatic heterocycles. The van der Waals surface area contributed by atoms with E-state index < -0.39 is 13.9 Å². The molecule has 0 N–H and O–H groups in total. The van der Waals surface area contributed by atoms with Crippen LogP contribution in [0.5, 0.6) is 0 Å². The van der Waals surface area contributed by atoms with Gasteiger partial charge in [-0.1, -0.05) is 63.1 Å². The highest BCUT2D eigenvalue weighted by Crippen LogP contribution is 2.54. The zero-order valence-electron chi connectivity index (χ0n) is 17.3. The van der Waals surface area contributed by atoms with Crippen LogP contribution in [0.15, 0.2) is 43.0 Å². The molecule has 6 heteroatoms. The summed E-state index contributed by atoms with van der Waals surface area (Å²) in [5, 5.41) is 0. The zero-order chi connectivity index (χ0) is 20.1. The summed E-state index contributed by atoms with van der Waals surface area (Å²) in [5.74, 6) is 0. The summed E-state index contributed by atoms with van der Waals surface area (Å²) >= 11 is 0. The van der Waals surface area contributed by atoms with Crippen molar-refractivity contribution in [3.8, 4) is 0 Å². The van der Waals surface area contributed by atoms with Gasteiger partial charge in [0, 0.05) is 12.6 Å². The van der Waals surface area contributed by atoms with E-state index in [4.69, 9.17) is 13.6 Å². The van der Waals surface area contributed by atoms with E-state index in [0.717, 1.165) is 31.2 Å². The van der Waals surface area contributed by atoms with E-state index in [1.165, 1.54) is 0 Å². The maximum atomic E-state index is 13.3. The number of likely N-dealkylation sites (N-methyl/N-ethyl adjacent to an activating group) is 1. The van der Waals surface area contributed by atoms with Crippen LogP contribution in [0.2, 0.25) is 0 Å². The summed E-state index contributed by atoms with van der Waals surface area (Å²) in [5.41, 5.74) is 0.944. The van der Waals surface area contributed by atoms with Crippen molar-refractivity contribution in [1.82, 2.24) is 4.90 Å². The number of rotatable bonds is 15. The fourth-order valence-electron chi connectivity index (χ4n) is 2.55. The van der Waals surface area contributed by atoms with Gasteiger partial charge in [-0.3, -0.25) is 18.5 Å². The fraction of sp³-hybridized carbons (Fsp3) is 0.619. The van der Waals surface area contributed by atoms with Crippen LogP contribution in [-0.2, 0) is 18.1 Å². The van der Waals surface area contributed by atoms with Gasteiger partial charge in [0.2, 0.25) is 0 Å². The smallest absolute Gasteiger partial charge is 0.297 e. The molecule has 0 aliphatic carbocycles. The van der Waals surface area contributed by atoms with Gasteiger partial charge in [0.05, 0.1) is 13.2 Å². The fourth-order valence-corrected chi connectivity index (χ4v) is 4.03. The Morgan fingerprint density at radius 1 is 1.11 bits per heavy atom. The highest BCUT2D eigenvalue weighted by Gasteiger charge is 2.35. The van der Waals surface area contributed by atoms with Gasteiger partial charge in [0.25, 0.3) is 0 Å². The molecule has 0 heterocycles. The van der Waals surface area contributed by atoms with Gasteiger partial charge >= 0.3 is 7.82 Å². The molecule has 2 unspecified atom stereocenters. The van der Waals surface area contributed by atoms with Crippen molar-refractivity contribution in [1.29, 1.82) is 0 Å². The molecule has 0 spiro atoms. The van der Waals surface area contributed by atoms with E-state index in [0.29, 0.717) is 19.8 Å². The maximum absolute atomic E-state index is 13.3. The lowest BCUT2D eigenvalue weighted by Gasteiger charge is -2.33. The molecule has 0 fully saturated rings. The minimum absolute atomic E-state index is 0.0386. The highest BCUT2D eigenvalue weighted by molar-refractivity contribution is 7.48. The number of unbranched alkanes of at least 4 members (excludes halogenated alkanes) is 2. The van der Waals surface area contributed by atoms with Gasteiger partial charge in [-0.25, -0.2) is 4.57 Å². The molecule has 5 nitrogen and oxygen atoms in total. The molecule has 0 aliphatic heterocycles. The molecule has 154 valence electrons. The Bertz CT molecular complexity index is 553. The molecule has 0 bridgehead atoms. The first kappa shape index (κ1) is 24.1. The van der Waals surface area contributed by atoms with Crippen molar-refractivity contribution in [3.05, 3.63) is 48.6 Å². The molecule has 1 aromatic rings. The molecular weight excluding hydrogens is 361 g/mol. The van der Waals surface area contributed by atoms with Crippen molar-refractivity contribution in [2.24, 2.45) is 0 Å². The Labute approximate surface area is 165 Å². The van der Waals surface area contributed by atoms with E-state index in [-0.39, 0.29) is 6.04 Å². The van der Waals surface area contributed by atoms with Crippen molar-refractivity contribution in [2.75, 3.05) is 26.8 Å². The summed E-state index contributed by atoms with van der Waals surface area (Å²) in [6, 6.07) is 9.77. The zero-order valence-corrected chi connectivity index (χ0v) is 18.2. The third-order valence-corrected chi connectivity index (χ3v) is 5.90. The largest absolute Gasteiger partial charge is 0.475 e. The summed E-state index contributed by atoms with van der Waals surface area (Å²) < 4.78 is 30.7. The van der Waals surface area contributed by atoms with E-state index in [1.807, 2.05) is 50.4 Å². The first-order valence-electron chi connectivity index (χ1n) is 9.91. The predicted octanol–water partition coefficient (Wildman–Crippen LogP) is 5.99. The van der Waals surface area contributed by atoms with Crippen LogP contribution in [0, 0.1) is 0 Å². The second-order valence-electron chi connectivity index (χ2n) is 6.73. The van der Waals surface area contributed by atoms with Crippen LogP contribution in [0.25, 0.3) is 0 Å². The van der Waals surface area contributed by atoms with E-state index in [1.54, 1.807) is 0 Å². The summed E-state index contributed by atoms with van der Waals surface area (Å²) in [7, 11) is -1.67. The average Bonchev–Trinajstić information content (AvgIpc) is 2.67. The van der Waals surface area contributed by atoms with E-state index in [2.05, 4.69) is 25.3 Å². The number of hydrogen-bond acceptors (Lipinski definition) is 5. The van der Waals surface area contributed by atoms with E-state index >= 15 is 0 Å². The molecule has 0 radical (unpaired) electrons. The van der Waals surface area contributed by atoms with Crippen LogP contribution in [0.1, 0.15) is 58.1 Å². The Morgan fingerprint density at radius 2 is 1.67 bits per heavy atom. The van der Waals surface area contributed by atoms with Gasteiger partial charge in [0.15, 0.2) is 0 Å². The molecule has 0 saturated carbocycles. The molecule has 1 rings (SSSR count). The maximum Gasteiger partial charge on any atom is 0.475 e. The molecule has 0 saturated heterocycles. The first-order chi connectivity index (χ1) is 13.0. The predicted molar refractivity (Wildman–Crippen MR) is 112 cm³/mol. The number of benzene rings is 1. The van der Waals surface area contributed by atoms with Crippen LogP contribution >= 0.6 is 7.82 Å². The van der Waals surface area contributed by atoms with Crippen molar-refractivity contribution < 1.29 is 18.1 Å². The van der Waals surface area contributed by atoms with Crippen LogP contribution in [0.4, 0.5) is 0 Å². The van der Waals surface area contributed by atoms with E-state index in [9.17, 15) is 4.57 Å². The average molecular weight is 397 g/mol. The second-order valence-corrected chi connectivity index (χ2v) is 8.35. The summed E-state index contributed by atoms with van der Waals surface area (Å²) in [6.45, 7) is 11.4. The normalized spacial score (nSPS) is 14.3. The summed E-state index contributed by atoms with van der Waals surface area (Å²) in [6.07, 6.45) is 4.93. The molecule has 0 amide bonds. The number of hydrogen-bond donors (Lipinski definition) is 0. The lowest BCUT2D eigenvalue weighted by molar-refractivity contribution is 0.0374. The minimum Gasteiger partial charge on any atom is -0.297 e. The lowest BCUT2D eigenvalue weighted by atomic mass is 10.0. The van der Waals surface area contributed by atoms with Gasteiger partial charge in [-0.2, -0.15) is 0 Å². The number of phosphoric acid groups is 1. The Morgan fingerprint density at radius 3 is 2.15 bits per heavy atom. The highest BCUT2D eigenvalue weighted by atomic mass is 31.2. The molecule has 1 aromatic carbocycles. The summed E-state index contributed by atoms with van der Waals surface area (Å²) in [4.78, 5) is 2.10. The molecule has 0 aliphatic rings. The monoisotopic (exact) mass is 397 g/mol.